The molecule has 0 aliphatic carbocycles. The summed E-state index contributed by atoms with van der Waals surface area (Å²) < 4.78 is 0. The number of aromatic nitrogens is 2. The van der Waals surface area contributed by atoms with Crippen molar-refractivity contribution in [3.63, 3.8) is 0 Å². The lowest BCUT2D eigenvalue weighted by Crippen LogP contribution is -2.24. The minimum atomic E-state index is -0.139. The molecule has 0 unspecified atom stereocenters. The van der Waals surface area contributed by atoms with Crippen molar-refractivity contribution in [2.45, 2.75) is 19.8 Å². The number of carbonyl (C=O) groups excluding carboxylic acids is 1. The van der Waals surface area contributed by atoms with Crippen molar-refractivity contribution in [1.29, 1.82) is 0 Å². The zero-order valence-electron chi connectivity index (χ0n) is 13.8. The average Bonchev–Trinajstić information content (AvgIpc) is 2.56. The summed E-state index contributed by atoms with van der Waals surface area (Å²) in [4.78, 5) is 22.3. The first-order valence-electron chi connectivity index (χ1n) is 7.75. The minimum Gasteiger partial charge on any atom is -0.378 e. The molecule has 0 saturated heterocycles. The number of benzene rings is 1. The van der Waals surface area contributed by atoms with Crippen LogP contribution < -0.4 is 15.5 Å². The van der Waals surface area contributed by atoms with Crippen LogP contribution in [-0.2, 0) is 0 Å². The molecule has 0 atom stereocenters. The summed E-state index contributed by atoms with van der Waals surface area (Å²) in [7, 11) is 3.99. The highest BCUT2D eigenvalue weighted by Gasteiger charge is 2.06. The molecule has 2 N–H and O–H groups in total. The SMILES string of the molecule is CCCCNC(=O)c1cnc(Nc2ccc(N(C)C)cc2)nc1. The van der Waals surface area contributed by atoms with Crippen LogP contribution in [0.4, 0.5) is 17.3 Å². The summed E-state index contributed by atoms with van der Waals surface area (Å²) in [6.07, 6.45) is 5.08. The van der Waals surface area contributed by atoms with E-state index >= 15 is 0 Å². The van der Waals surface area contributed by atoms with Crippen LogP contribution in [0.15, 0.2) is 36.7 Å². The number of rotatable bonds is 7. The Labute approximate surface area is 137 Å². The van der Waals surface area contributed by atoms with Gasteiger partial charge in [0.25, 0.3) is 5.91 Å². The van der Waals surface area contributed by atoms with Crippen molar-refractivity contribution in [3.05, 3.63) is 42.2 Å². The van der Waals surface area contributed by atoms with Crippen LogP contribution in [-0.4, -0.2) is 36.5 Å². The number of amides is 1. The van der Waals surface area contributed by atoms with Crippen molar-refractivity contribution in [3.8, 4) is 0 Å². The second-order valence-electron chi connectivity index (χ2n) is 5.47. The van der Waals surface area contributed by atoms with E-state index in [2.05, 4.69) is 27.5 Å². The quantitative estimate of drug-likeness (QED) is 0.769. The summed E-state index contributed by atoms with van der Waals surface area (Å²) in [6, 6.07) is 7.95. The molecule has 0 bridgehead atoms. The minimum absolute atomic E-state index is 0.139. The van der Waals surface area contributed by atoms with Crippen LogP contribution in [0, 0.1) is 0 Å². The second-order valence-corrected chi connectivity index (χ2v) is 5.47. The Morgan fingerprint density at radius 3 is 2.35 bits per heavy atom. The summed E-state index contributed by atoms with van der Waals surface area (Å²) in [5.74, 6) is 0.327. The normalized spacial score (nSPS) is 10.2. The summed E-state index contributed by atoms with van der Waals surface area (Å²) in [5, 5.41) is 5.96. The predicted molar refractivity (Wildman–Crippen MR) is 93.3 cm³/mol. The lowest BCUT2D eigenvalue weighted by Gasteiger charge is -2.13. The molecular formula is C17H23N5O. The van der Waals surface area contributed by atoms with Gasteiger partial charge in [-0.15, -0.1) is 0 Å². The van der Waals surface area contributed by atoms with Gasteiger partial charge in [-0.3, -0.25) is 4.79 Å². The lowest BCUT2D eigenvalue weighted by molar-refractivity contribution is 0.0952. The van der Waals surface area contributed by atoms with Crippen molar-refractivity contribution in [1.82, 2.24) is 15.3 Å². The molecule has 2 rings (SSSR count). The summed E-state index contributed by atoms with van der Waals surface area (Å²) >= 11 is 0. The Balaban J connectivity index is 1.95. The van der Waals surface area contributed by atoms with Crippen LogP contribution in [0.1, 0.15) is 30.1 Å². The van der Waals surface area contributed by atoms with Gasteiger partial charge in [0.2, 0.25) is 5.95 Å². The van der Waals surface area contributed by atoms with E-state index in [4.69, 9.17) is 0 Å². The van der Waals surface area contributed by atoms with Crippen molar-refractivity contribution >= 4 is 23.2 Å². The number of unbranched alkanes of at least 4 members (excludes halogenated alkanes) is 1. The second kappa shape index (κ2) is 8.12. The van der Waals surface area contributed by atoms with Gasteiger partial charge < -0.3 is 15.5 Å². The Kier molecular flexibility index (Phi) is 5.91. The summed E-state index contributed by atoms with van der Waals surface area (Å²) in [5.41, 5.74) is 2.49. The van der Waals surface area contributed by atoms with Crippen LogP contribution >= 0.6 is 0 Å². The van der Waals surface area contributed by atoms with Gasteiger partial charge in [0, 0.05) is 44.4 Å². The predicted octanol–water partition coefficient (Wildman–Crippen LogP) is 2.82. The number of hydrogen-bond acceptors (Lipinski definition) is 5. The third-order valence-electron chi connectivity index (χ3n) is 3.37. The molecule has 122 valence electrons. The maximum atomic E-state index is 11.9. The molecule has 0 aliphatic rings. The van der Waals surface area contributed by atoms with Gasteiger partial charge in [-0.2, -0.15) is 0 Å². The number of nitrogens with zero attached hydrogens (tertiary/aromatic N) is 3. The van der Waals surface area contributed by atoms with E-state index in [1.807, 2.05) is 43.3 Å². The van der Waals surface area contributed by atoms with Crippen LogP contribution in [0.5, 0.6) is 0 Å². The number of anilines is 3. The van der Waals surface area contributed by atoms with Gasteiger partial charge in [0.1, 0.15) is 0 Å². The molecule has 0 fully saturated rings. The number of nitrogens with one attached hydrogen (secondary N) is 2. The Morgan fingerprint density at radius 2 is 1.78 bits per heavy atom. The van der Waals surface area contributed by atoms with Crippen molar-refractivity contribution in [2.24, 2.45) is 0 Å². The van der Waals surface area contributed by atoms with Crippen molar-refractivity contribution in [2.75, 3.05) is 30.9 Å². The molecule has 2 aromatic rings. The molecule has 1 amide bonds. The van der Waals surface area contributed by atoms with Gasteiger partial charge in [-0.05, 0) is 30.7 Å². The zero-order valence-corrected chi connectivity index (χ0v) is 13.8. The fraction of sp³-hybridized carbons (Fsp3) is 0.353. The van der Waals surface area contributed by atoms with E-state index in [-0.39, 0.29) is 5.91 Å². The van der Waals surface area contributed by atoms with Gasteiger partial charge in [0.15, 0.2) is 0 Å². The molecule has 6 nitrogen and oxygen atoms in total. The monoisotopic (exact) mass is 313 g/mol. The molecule has 0 radical (unpaired) electrons. The highest BCUT2D eigenvalue weighted by Crippen LogP contribution is 2.17. The topological polar surface area (TPSA) is 70.2 Å². The standard InChI is InChI=1S/C17H23N5O/c1-4-5-10-18-16(23)13-11-19-17(20-12-13)21-14-6-8-15(9-7-14)22(2)3/h6-9,11-12H,4-5,10H2,1-3H3,(H,18,23)(H,19,20,21). The number of hydrogen-bond donors (Lipinski definition) is 2. The van der Waals surface area contributed by atoms with Gasteiger partial charge in [-0.25, -0.2) is 9.97 Å². The van der Waals surface area contributed by atoms with E-state index < -0.39 is 0 Å². The van der Waals surface area contributed by atoms with E-state index in [1.165, 1.54) is 12.4 Å². The highest BCUT2D eigenvalue weighted by molar-refractivity contribution is 5.93. The van der Waals surface area contributed by atoms with E-state index in [1.54, 1.807) is 0 Å². The third kappa shape index (κ3) is 4.95. The maximum absolute atomic E-state index is 11.9. The first-order valence-corrected chi connectivity index (χ1v) is 7.75. The van der Waals surface area contributed by atoms with Gasteiger partial charge >= 0.3 is 0 Å². The number of carbonyl (C=O) groups is 1. The molecule has 1 heterocycles. The van der Waals surface area contributed by atoms with Crippen molar-refractivity contribution < 1.29 is 4.79 Å². The molecular weight excluding hydrogens is 290 g/mol. The Bertz CT molecular complexity index is 622. The third-order valence-corrected chi connectivity index (χ3v) is 3.37. The molecule has 6 heteroatoms. The first-order chi connectivity index (χ1) is 11.1. The molecule has 1 aromatic carbocycles. The average molecular weight is 313 g/mol. The lowest BCUT2D eigenvalue weighted by atomic mass is 10.2. The fourth-order valence-corrected chi connectivity index (χ4v) is 1.96. The zero-order chi connectivity index (χ0) is 16.7. The molecule has 0 aliphatic heterocycles. The largest absolute Gasteiger partial charge is 0.378 e. The van der Waals surface area contributed by atoms with E-state index in [0.717, 1.165) is 24.2 Å². The van der Waals surface area contributed by atoms with E-state index in [9.17, 15) is 4.79 Å². The molecule has 23 heavy (non-hydrogen) atoms. The van der Waals surface area contributed by atoms with E-state index in [0.29, 0.717) is 18.1 Å². The van der Waals surface area contributed by atoms with Gasteiger partial charge in [-0.1, -0.05) is 13.3 Å². The smallest absolute Gasteiger partial charge is 0.254 e. The van der Waals surface area contributed by atoms with Crippen LogP contribution in [0.25, 0.3) is 0 Å². The molecule has 0 saturated carbocycles. The first kappa shape index (κ1) is 16.7. The fourth-order valence-electron chi connectivity index (χ4n) is 1.96. The molecule has 0 spiro atoms. The van der Waals surface area contributed by atoms with Crippen LogP contribution in [0.2, 0.25) is 0 Å². The molecule has 1 aromatic heterocycles. The Morgan fingerprint density at radius 1 is 1.13 bits per heavy atom. The highest BCUT2D eigenvalue weighted by atomic mass is 16.1. The maximum Gasteiger partial charge on any atom is 0.254 e. The van der Waals surface area contributed by atoms with Crippen LogP contribution in [0.3, 0.4) is 0 Å². The summed E-state index contributed by atoms with van der Waals surface area (Å²) in [6.45, 7) is 2.76. The van der Waals surface area contributed by atoms with Gasteiger partial charge in [0.05, 0.1) is 5.56 Å². The Hall–Kier alpha value is -2.63.